The van der Waals surface area contributed by atoms with E-state index in [-0.39, 0.29) is 5.25 Å². The number of hydrogen-bond donors (Lipinski definition) is 0. The Labute approximate surface area is 288 Å². The van der Waals surface area contributed by atoms with E-state index in [0.717, 1.165) is 25.7 Å². The van der Waals surface area contributed by atoms with Gasteiger partial charge in [0.2, 0.25) is 0 Å². The highest BCUT2D eigenvalue weighted by Crippen LogP contribution is 2.76. The monoisotopic (exact) mass is 643 g/mol. The molecule has 3 aliphatic carbocycles. The van der Waals surface area contributed by atoms with Crippen LogP contribution in [0.4, 0.5) is 0 Å². The molecule has 8 rings (SSSR count). The van der Waals surface area contributed by atoms with E-state index in [2.05, 4.69) is 177 Å². The molecule has 0 aliphatic heterocycles. The van der Waals surface area contributed by atoms with Crippen LogP contribution in [0.15, 0.2) is 155 Å². The van der Waals surface area contributed by atoms with E-state index in [0.29, 0.717) is 11.2 Å². The molecule has 3 aliphatic rings. The number of benzene rings is 4. The van der Waals surface area contributed by atoms with Gasteiger partial charge in [0.05, 0.1) is 5.52 Å². The van der Waals surface area contributed by atoms with Gasteiger partial charge >= 0.3 is 0 Å². The van der Waals surface area contributed by atoms with Crippen molar-refractivity contribution in [3.8, 4) is 5.69 Å². The Bertz CT molecular complexity index is 2120. The van der Waals surface area contributed by atoms with Gasteiger partial charge in [-0.3, -0.25) is 0 Å². The van der Waals surface area contributed by atoms with Crippen molar-refractivity contribution in [3.63, 3.8) is 0 Å². The van der Waals surface area contributed by atoms with Gasteiger partial charge in [-0.1, -0.05) is 116 Å². The fourth-order valence-corrected chi connectivity index (χ4v) is 13.5. The molecule has 0 saturated heterocycles. The molecule has 0 bridgehead atoms. The molecule has 1 aromatic heterocycles. The molecular formula is C46H45NS. The average Bonchev–Trinajstić information content (AvgIpc) is 3.47. The summed E-state index contributed by atoms with van der Waals surface area (Å²) < 4.78 is 2.48. The number of para-hydroxylation sites is 1. The third-order valence-corrected chi connectivity index (χ3v) is 15.7. The number of hydrogen-bond acceptors (Lipinski definition) is 0. The Morgan fingerprint density at radius 2 is 1.52 bits per heavy atom. The minimum Gasteiger partial charge on any atom is -0.310 e. The van der Waals surface area contributed by atoms with Crippen LogP contribution in [-0.4, -0.2) is 9.82 Å². The molecule has 48 heavy (non-hydrogen) atoms. The molecule has 0 saturated carbocycles. The predicted molar refractivity (Wildman–Crippen MR) is 208 cm³/mol. The molecule has 4 aromatic carbocycles. The van der Waals surface area contributed by atoms with Gasteiger partial charge in [-0.2, -0.15) is 10.0 Å². The molecule has 240 valence electrons. The molecule has 0 N–H and O–H groups in total. The summed E-state index contributed by atoms with van der Waals surface area (Å²) in [5.41, 5.74) is 11.0. The second-order valence-electron chi connectivity index (χ2n) is 13.7. The largest absolute Gasteiger partial charge is 0.310 e. The average molecular weight is 644 g/mol. The van der Waals surface area contributed by atoms with E-state index < -0.39 is 10.0 Å². The maximum absolute atomic E-state index is 2.62. The third-order valence-electron chi connectivity index (χ3n) is 10.7. The van der Waals surface area contributed by atoms with Gasteiger partial charge < -0.3 is 4.57 Å². The van der Waals surface area contributed by atoms with Crippen LogP contribution < -0.4 is 0 Å². The van der Waals surface area contributed by atoms with Crippen LogP contribution in [0.1, 0.15) is 66.3 Å². The Balaban J connectivity index is 1.41. The summed E-state index contributed by atoms with van der Waals surface area (Å²) in [5, 5.41) is 2.04. The molecule has 4 atom stereocenters. The molecule has 1 heterocycles. The van der Waals surface area contributed by atoms with Crippen molar-refractivity contribution in [1.29, 1.82) is 0 Å². The maximum atomic E-state index is 2.62. The minimum absolute atomic E-state index is 0.284. The fourth-order valence-electron chi connectivity index (χ4n) is 8.47. The molecule has 3 unspecified atom stereocenters. The zero-order valence-corrected chi connectivity index (χ0v) is 29.2. The first-order chi connectivity index (χ1) is 23.6. The molecule has 2 heteroatoms. The van der Waals surface area contributed by atoms with Gasteiger partial charge in [0.25, 0.3) is 0 Å². The normalized spacial score (nSPS) is 21.0. The number of allylic oxidation sites excluding steroid dienone is 8. The minimum atomic E-state index is -1.67. The Kier molecular flexibility index (Phi) is 8.22. The smallest absolute Gasteiger partial charge is 0.0538 e. The van der Waals surface area contributed by atoms with Crippen molar-refractivity contribution < 1.29 is 0 Å². The molecule has 0 spiro atoms. The zero-order chi connectivity index (χ0) is 32.7. The lowest BCUT2D eigenvalue weighted by molar-refractivity contribution is 0.734. The lowest BCUT2D eigenvalue weighted by Crippen LogP contribution is -2.28. The summed E-state index contributed by atoms with van der Waals surface area (Å²) in [6.45, 7) is 7.25. The molecule has 0 fully saturated rings. The van der Waals surface area contributed by atoms with Crippen LogP contribution in [0.2, 0.25) is 0 Å². The summed E-state index contributed by atoms with van der Waals surface area (Å²) in [6.07, 6.45) is 25.4. The number of fused-ring (bicyclic) bond motifs is 3. The second-order valence-corrected chi connectivity index (χ2v) is 17.3. The lowest BCUT2D eigenvalue weighted by atomic mass is 9.94. The van der Waals surface area contributed by atoms with E-state index in [1.54, 1.807) is 0 Å². The van der Waals surface area contributed by atoms with Gasteiger partial charge in [0.15, 0.2) is 0 Å². The van der Waals surface area contributed by atoms with Crippen LogP contribution >= 0.6 is 10.0 Å². The van der Waals surface area contributed by atoms with Gasteiger partial charge in [0, 0.05) is 27.3 Å². The highest BCUT2D eigenvalue weighted by atomic mass is 32.3. The summed E-state index contributed by atoms with van der Waals surface area (Å²) >= 11 is 0. The van der Waals surface area contributed by atoms with Crippen molar-refractivity contribution >= 4 is 32.6 Å². The van der Waals surface area contributed by atoms with Crippen molar-refractivity contribution in [1.82, 2.24) is 4.57 Å². The van der Waals surface area contributed by atoms with Gasteiger partial charge in [-0.15, -0.1) is 0 Å². The number of rotatable bonds is 7. The third kappa shape index (κ3) is 5.18. The van der Waals surface area contributed by atoms with Crippen LogP contribution in [0.5, 0.6) is 0 Å². The SMILES string of the molecule is Cc1cc(C2=CC=CCC2)cc(C(C)S(c2ccccc2)(c2ccc3c(c2)c2c(n3-c3ccccc3)C=CCC2)C2C=CC=C[C@@H]2C)c1. The van der Waals surface area contributed by atoms with Crippen LogP contribution in [0, 0.1) is 12.8 Å². The quantitative estimate of drug-likeness (QED) is 0.166. The maximum Gasteiger partial charge on any atom is 0.0538 e. The van der Waals surface area contributed by atoms with Gasteiger partial charge in [-0.25, -0.2) is 0 Å². The summed E-state index contributed by atoms with van der Waals surface area (Å²) in [6, 6.07) is 37.4. The van der Waals surface area contributed by atoms with Crippen LogP contribution in [-0.2, 0) is 6.42 Å². The fraction of sp³-hybridized carbons (Fsp3) is 0.217. The van der Waals surface area contributed by atoms with E-state index in [4.69, 9.17) is 0 Å². The summed E-state index contributed by atoms with van der Waals surface area (Å²) in [5.74, 6) is 0.407. The molecule has 0 radical (unpaired) electrons. The topological polar surface area (TPSA) is 4.93 Å². The molecular weight excluding hydrogens is 599 g/mol. The summed E-state index contributed by atoms with van der Waals surface area (Å²) in [4.78, 5) is 2.95. The van der Waals surface area contributed by atoms with Gasteiger partial charge in [-0.05, 0) is 126 Å². The molecule has 5 aromatic rings. The Hall–Kier alpha value is -4.53. The van der Waals surface area contributed by atoms with Gasteiger partial charge in [0.1, 0.15) is 0 Å². The standard InChI is InChI=1S/C46H45NS/c1-33-29-37(31-38(30-33)36-18-7-4-8-19-36)35(3)48(40-22-11-6-12-23-40,46-26-16-13-17-34(46)2)41-27-28-45-43(32-41)42-24-14-15-25-44(42)47(45)39-20-9-5-10-21-39/h4-7,9-13,15-18,20-23,25-32,34-35,46H,8,14,19,24H2,1-3H3/t34-,35?,46?/m0/s1. The Morgan fingerprint density at radius 3 is 2.29 bits per heavy atom. The number of aromatic nitrogens is 1. The van der Waals surface area contributed by atoms with Crippen molar-refractivity contribution in [2.75, 3.05) is 0 Å². The van der Waals surface area contributed by atoms with E-state index in [9.17, 15) is 0 Å². The van der Waals surface area contributed by atoms with Crippen molar-refractivity contribution in [3.05, 3.63) is 174 Å². The van der Waals surface area contributed by atoms with E-state index in [1.807, 2.05) is 0 Å². The van der Waals surface area contributed by atoms with Crippen molar-refractivity contribution in [2.45, 2.75) is 66.7 Å². The zero-order valence-electron chi connectivity index (χ0n) is 28.3. The Morgan fingerprint density at radius 1 is 0.750 bits per heavy atom. The highest BCUT2D eigenvalue weighted by Gasteiger charge is 2.44. The number of nitrogens with zero attached hydrogens (tertiary/aromatic N) is 1. The first-order valence-electron chi connectivity index (χ1n) is 17.6. The highest BCUT2D eigenvalue weighted by molar-refractivity contribution is 8.34. The van der Waals surface area contributed by atoms with Crippen molar-refractivity contribution in [2.24, 2.45) is 5.92 Å². The van der Waals surface area contributed by atoms with Crippen LogP contribution in [0.25, 0.3) is 28.2 Å². The lowest BCUT2D eigenvalue weighted by Gasteiger charge is -2.53. The van der Waals surface area contributed by atoms with E-state index in [1.165, 1.54) is 59.9 Å². The second kappa shape index (κ2) is 12.8. The van der Waals surface area contributed by atoms with E-state index >= 15 is 0 Å². The number of aryl methyl sites for hydroxylation is 2. The molecule has 1 nitrogen and oxygen atoms in total. The van der Waals surface area contributed by atoms with Crippen LogP contribution in [0.3, 0.4) is 0 Å². The first-order valence-corrected chi connectivity index (χ1v) is 19.4. The molecule has 0 amide bonds. The first kappa shape index (κ1) is 30.8. The predicted octanol–water partition coefficient (Wildman–Crippen LogP) is 12.7. The summed E-state index contributed by atoms with van der Waals surface area (Å²) in [7, 11) is -1.67.